The van der Waals surface area contributed by atoms with Gasteiger partial charge in [-0.1, -0.05) is 6.92 Å². The van der Waals surface area contributed by atoms with Crippen LogP contribution in [0.15, 0.2) is 6.07 Å². The lowest BCUT2D eigenvalue weighted by Gasteiger charge is -2.15. The minimum atomic E-state index is 0.542. The summed E-state index contributed by atoms with van der Waals surface area (Å²) in [7, 11) is 0. The van der Waals surface area contributed by atoms with Crippen molar-refractivity contribution < 1.29 is 0 Å². The zero-order chi connectivity index (χ0) is 12.1. The molecule has 1 aliphatic rings. The molecule has 1 aliphatic heterocycles. The van der Waals surface area contributed by atoms with Crippen molar-refractivity contribution in [2.45, 2.75) is 26.2 Å². The van der Waals surface area contributed by atoms with E-state index in [4.69, 9.17) is 5.73 Å². The number of rotatable bonds is 5. The molecule has 0 aromatic carbocycles. The van der Waals surface area contributed by atoms with E-state index in [1.807, 2.05) is 6.92 Å². The van der Waals surface area contributed by atoms with Crippen LogP contribution in [0, 0.1) is 0 Å². The van der Waals surface area contributed by atoms with Crippen LogP contribution in [0.3, 0.4) is 0 Å². The Bertz CT molecular complexity index is 360. The lowest BCUT2D eigenvalue weighted by atomic mass is 10.4. The smallest absolute Gasteiger partial charge is 0.132 e. The number of anilines is 2. The third-order valence-corrected chi connectivity index (χ3v) is 3.04. The van der Waals surface area contributed by atoms with Crippen LogP contribution in [0.25, 0.3) is 0 Å². The number of nitrogens with two attached hydrogens (primary N) is 1. The summed E-state index contributed by atoms with van der Waals surface area (Å²) in [4.78, 5) is 11.0. The topological polar surface area (TPSA) is 67.1 Å². The molecule has 1 fully saturated rings. The van der Waals surface area contributed by atoms with E-state index in [0.717, 1.165) is 31.2 Å². The molecule has 0 amide bonds. The SMILES string of the molecule is CCc1nc(N)cc(NCCN2CCCC2)n1. The second-order valence-electron chi connectivity index (χ2n) is 4.42. The van der Waals surface area contributed by atoms with Crippen molar-refractivity contribution in [1.82, 2.24) is 14.9 Å². The van der Waals surface area contributed by atoms with Crippen LogP contribution in [0.1, 0.15) is 25.6 Å². The number of aryl methyl sites for hydroxylation is 1. The second-order valence-corrected chi connectivity index (χ2v) is 4.42. The number of hydrogen-bond donors (Lipinski definition) is 2. The lowest BCUT2D eigenvalue weighted by molar-refractivity contribution is 0.352. The van der Waals surface area contributed by atoms with Crippen LogP contribution in [0.4, 0.5) is 11.6 Å². The molecular formula is C12H21N5. The summed E-state index contributed by atoms with van der Waals surface area (Å²) in [5.41, 5.74) is 5.73. The number of nitrogens with one attached hydrogen (secondary N) is 1. The van der Waals surface area contributed by atoms with Crippen molar-refractivity contribution in [1.29, 1.82) is 0 Å². The van der Waals surface area contributed by atoms with E-state index in [-0.39, 0.29) is 0 Å². The van der Waals surface area contributed by atoms with Crippen molar-refractivity contribution in [2.24, 2.45) is 0 Å². The van der Waals surface area contributed by atoms with Gasteiger partial charge < -0.3 is 16.0 Å². The molecule has 2 heterocycles. The van der Waals surface area contributed by atoms with E-state index in [1.54, 1.807) is 6.07 Å². The van der Waals surface area contributed by atoms with E-state index >= 15 is 0 Å². The first kappa shape index (κ1) is 12.1. The van der Waals surface area contributed by atoms with Gasteiger partial charge >= 0.3 is 0 Å². The molecule has 0 spiro atoms. The highest BCUT2D eigenvalue weighted by Gasteiger charge is 2.10. The van der Waals surface area contributed by atoms with E-state index in [2.05, 4.69) is 20.2 Å². The minimum absolute atomic E-state index is 0.542. The molecule has 94 valence electrons. The van der Waals surface area contributed by atoms with Gasteiger partial charge in [0.1, 0.15) is 17.5 Å². The predicted octanol–water partition coefficient (Wildman–Crippen LogP) is 1.13. The summed E-state index contributed by atoms with van der Waals surface area (Å²) in [6, 6.07) is 1.79. The summed E-state index contributed by atoms with van der Waals surface area (Å²) in [6.45, 7) is 6.48. The molecule has 0 bridgehead atoms. The second kappa shape index (κ2) is 5.82. The summed E-state index contributed by atoms with van der Waals surface area (Å²) >= 11 is 0. The highest BCUT2D eigenvalue weighted by Crippen LogP contribution is 2.09. The standard InChI is InChI=1S/C12H21N5/c1-2-11-15-10(13)9-12(16-11)14-5-8-17-6-3-4-7-17/h9H,2-8H2,1H3,(H3,13,14,15,16). The van der Waals surface area contributed by atoms with Crippen LogP contribution in [0.2, 0.25) is 0 Å². The Hall–Kier alpha value is -1.36. The van der Waals surface area contributed by atoms with Crippen LogP contribution in [0.5, 0.6) is 0 Å². The summed E-state index contributed by atoms with van der Waals surface area (Å²) < 4.78 is 0. The zero-order valence-corrected chi connectivity index (χ0v) is 10.4. The monoisotopic (exact) mass is 235 g/mol. The Morgan fingerprint density at radius 1 is 1.35 bits per heavy atom. The van der Waals surface area contributed by atoms with Crippen LogP contribution in [-0.4, -0.2) is 41.0 Å². The quantitative estimate of drug-likeness (QED) is 0.801. The van der Waals surface area contributed by atoms with Gasteiger partial charge in [0.05, 0.1) is 0 Å². The first-order chi connectivity index (χ1) is 8.28. The Kier molecular flexibility index (Phi) is 4.14. The zero-order valence-electron chi connectivity index (χ0n) is 10.4. The lowest BCUT2D eigenvalue weighted by Crippen LogP contribution is -2.26. The van der Waals surface area contributed by atoms with Crippen molar-refractivity contribution in [3.63, 3.8) is 0 Å². The van der Waals surface area contributed by atoms with E-state index < -0.39 is 0 Å². The molecule has 1 aromatic rings. The Morgan fingerprint density at radius 3 is 2.82 bits per heavy atom. The fraction of sp³-hybridized carbons (Fsp3) is 0.667. The fourth-order valence-corrected chi connectivity index (χ4v) is 2.11. The van der Waals surface area contributed by atoms with Gasteiger partial charge in [-0.05, 0) is 25.9 Å². The molecular weight excluding hydrogens is 214 g/mol. The van der Waals surface area contributed by atoms with Gasteiger partial charge in [0.2, 0.25) is 0 Å². The highest BCUT2D eigenvalue weighted by molar-refractivity contribution is 5.44. The Morgan fingerprint density at radius 2 is 2.12 bits per heavy atom. The molecule has 0 aliphatic carbocycles. The third-order valence-electron chi connectivity index (χ3n) is 3.04. The van der Waals surface area contributed by atoms with Gasteiger partial charge in [0.15, 0.2) is 0 Å². The van der Waals surface area contributed by atoms with Crippen LogP contribution >= 0.6 is 0 Å². The molecule has 0 unspecified atom stereocenters. The number of likely N-dealkylation sites (tertiary alicyclic amines) is 1. The molecule has 3 N–H and O–H groups in total. The molecule has 5 heteroatoms. The largest absolute Gasteiger partial charge is 0.384 e. The van der Waals surface area contributed by atoms with E-state index in [0.29, 0.717) is 5.82 Å². The molecule has 2 rings (SSSR count). The van der Waals surface area contributed by atoms with Gasteiger partial charge in [0.25, 0.3) is 0 Å². The molecule has 0 atom stereocenters. The summed E-state index contributed by atoms with van der Waals surface area (Å²) in [6.07, 6.45) is 3.48. The maximum Gasteiger partial charge on any atom is 0.132 e. The normalized spacial score (nSPS) is 16.3. The van der Waals surface area contributed by atoms with Gasteiger partial charge in [-0.15, -0.1) is 0 Å². The number of aromatic nitrogens is 2. The highest BCUT2D eigenvalue weighted by atomic mass is 15.2. The van der Waals surface area contributed by atoms with Crippen LogP contribution in [-0.2, 0) is 6.42 Å². The van der Waals surface area contributed by atoms with Gasteiger partial charge in [-0.25, -0.2) is 9.97 Å². The molecule has 5 nitrogen and oxygen atoms in total. The first-order valence-corrected chi connectivity index (χ1v) is 6.37. The van der Waals surface area contributed by atoms with E-state index in [9.17, 15) is 0 Å². The van der Waals surface area contributed by atoms with Crippen molar-refractivity contribution >= 4 is 11.6 Å². The average Bonchev–Trinajstić information content (AvgIpc) is 2.81. The fourth-order valence-electron chi connectivity index (χ4n) is 2.11. The first-order valence-electron chi connectivity index (χ1n) is 6.37. The molecule has 0 saturated carbocycles. The number of nitrogens with zero attached hydrogens (tertiary/aromatic N) is 3. The Labute approximate surface area is 102 Å². The Balaban J connectivity index is 1.83. The maximum atomic E-state index is 5.73. The predicted molar refractivity (Wildman–Crippen MR) is 70.0 cm³/mol. The van der Waals surface area contributed by atoms with Crippen LogP contribution < -0.4 is 11.1 Å². The molecule has 17 heavy (non-hydrogen) atoms. The van der Waals surface area contributed by atoms with Gasteiger partial charge in [-0.2, -0.15) is 0 Å². The summed E-state index contributed by atoms with van der Waals surface area (Å²) in [5.74, 6) is 2.18. The van der Waals surface area contributed by atoms with Gasteiger partial charge in [-0.3, -0.25) is 0 Å². The summed E-state index contributed by atoms with van der Waals surface area (Å²) in [5, 5.41) is 3.31. The number of hydrogen-bond acceptors (Lipinski definition) is 5. The van der Waals surface area contributed by atoms with Crippen molar-refractivity contribution in [3.8, 4) is 0 Å². The maximum absolute atomic E-state index is 5.73. The molecule has 0 radical (unpaired) electrons. The van der Waals surface area contributed by atoms with Gasteiger partial charge in [0, 0.05) is 25.6 Å². The van der Waals surface area contributed by atoms with E-state index in [1.165, 1.54) is 25.9 Å². The third kappa shape index (κ3) is 3.56. The number of nitrogen functional groups attached to an aromatic ring is 1. The van der Waals surface area contributed by atoms with Crippen molar-refractivity contribution in [3.05, 3.63) is 11.9 Å². The molecule has 1 saturated heterocycles. The molecule has 1 aromatic heterocycles. The van der Waals surface area contributed by atoms with Crippen molar-refractivity contribution in [2.75, 3.05) is 37.2 Å². The average molecular weight is 235 g/mol. The minimum Gasteiger partial charge on any atom is -0.384 e.